The number of esters is 1. The molecule has 1 unspecified atom stereocenters. The van der Waals surface area contributed by atoms with Crippen LogP contribution in [0.4, 0.5) is 17.6 Å². The fourth-order valence-corrected chi connectivity index (χ4v) is 4.34. The first-order valence-electron chi connectivity index (χ1n) is 10.1. The van der Waals surface area contributed by atoms with Crippen LogP contribution in [-0.4, -0.2) is 42.0 Å². The van der Waals surface area contributed by atoms with Gasteiger partial charge in [0.05, 0.1) is 19.7 Å². The summed E-state index contributed by atoms with van der Waals surface area (Å²) in [6, 6.07) is 8.56. The molecule has 0 radical (unpaired) electrons. The van der Waals surface area contributed by atoms with Gasteiger partial charge in [0.25, 0.3) is 5.92 Å². The summed E-state index contributed by atoms with van der Waals surface area (Å²) in [6.07, 6.45) is 2.76. The van der Waals surface area contributed by atoms with E-state index in [0.29, 0.717) is 12.1 Å². The van der Waals surface area contributed by atoms with Crippen molar-refractivity contribution in [2.45, 2.75) is 25.3 Å². The van der Waals surface area contributed by atoms with Crippen molar-refractivity contribution in [3.05, 3.63) is 76.5 Å². The SMILES string of the molecule is COC(=O)/C=C/c1cc(F)c(C2c3[nH]c4ccccc4c3CCN2CC(C)(F)F)c(F)c1. The molecule has 0 aliphatic carbocycles. The van der Waals surface area contributed by atoms with Gasteiger partial charge in [-0.15, -0.1) is 0 Å². The Kier molecular flexibility index (Phi) is 5.81. The fraction of sp³-hybridized carbons (Fsp3) is 0.292. The third-order valence-electron chi connectivity index (χ3n) is 5.60. The van der Waals surface area contributed by atoms with Gasteiger partial charge in [0, 0.05) is 41.7 Å². The molecule has 0 fully saturated rings. The van der Waals surface area contributed by atoms with Gasteiger partial charge in [0.15, 0.2) is 0 Å². The molecule has 1 aliphatic rings. The number of benzene rings is 2. The van der Waals surface area contributed by atoms with Gasteiger partial charge in [-0.1, -0.05) is 18.2 Å². The summed E-state index contributed by atoms with van der Waals surface area (Å²) in [5.74, 6) is -5.47. The number of halogens is 4. The van der Waals surface area contributed by atoms with E-state index in [4.69, 9.17) is 0 Å². The number of carbonyl (C=O) groups excluding carboxylic acids is 1. The van der Waals surface area contributed by atoms with E-state index in [9.17, 15) is 13.6 Å². The van der Waals surface area contributed by atoms with Crippen molar-refractivity contribution in [3.8, 4) is 0 Å². The quantitative estimate of drug-likeness (QED) is 0.331. The normalized spacial score (nSPS) is 17.1. The number of hydrogen-bond acceptors (Lipinski definition) is 3. The van der Waals surface area contributed by atoms with Crippen LogP contribution in [0.1, 0.15) is 35.3 Å². The number of aromatic nitrogens is 1. The molecule has 4 nitrogen and oxygen atoms in total. The lowest BCUT2D eigenvalue weighted by Gasteiger charge is -2.37. The minimum Gasteiger partial charge on any atom is -0.466 e. The van der Waals surface area contributed by atoms with E-state index in [2.05, 4.69) is 9.72 Å². The molecule has 2 heterocycles. The largest absolute Gasteiger partial charge is 0.466 e. The summed E-state index contributed by atoms with van der Waals surface area (Å²) in [5.41, 5.74) is 1.98. The van der Waals surface area contributed by atoms with Crippen LogP contribution in [0, 0.1) is 11.6 Å². The maximum Gasteiger partial charge on any atom is 0.330 e. The van der Waals surface area contributed by atoms with Gasteiger partial charge < -0.3 is 9.72 Å². The Labute approximate surface area is 182 Å². The van der Waals surface area contributed by atoms with Gasteiger partial charge in [-0.2, -0.15) is 0 Å². The van der Waals surface area contributed by atoms with Crippen LogP contribution in [0.5, 0.6) is 0 Å². The molecular weight excluding hydrogens is 424 g/mol. The summed E-state index contributed by atoms with van der Waals surface area (Å²) in [7, 11) is 1.19. The van der Waals surface area contributed by atoms with E-state index in [1.54, 1.807) is 0 Å². The Morgan fingerprint density at radius 1 is 1.25 bits per heavy atom. The molecule has 1 aromatic heterocycles. The van der Waals surface area contributed by atoms with E-state index >= 15 is 8.78 Å². The second-order valence-electron chi connectivity index (χ2n) is 8.01. The lowest BCUT2D eigenvalue weighted by molar-refractivity contribution is -0.134. The first-order chi connectivity index (χ1) is 15.2. The smallest absolute Gasteiger partial charge is 0.330 e. The van der Waals surface area contributed by atoms with Crippen molar-refractivity contribution in [2.24, 2.45) is 0 Å². The number of ether oxygens (including phenoxy) is 1. The second-order valence-corrected chi connectivity index (χ2v) is 8.01. The van der Waals surface area contributed by atoms with E-state index < -0.39 is 36.1 Å². The zero-order valence-corrected chi connectivity index (χ0v) is 17.6. The number of H-pyrrole nitrogens is 1. The number of rotatable bonds is 5. The first-order valence-corrected chi connectivity index (χ1v) is 10.1. The average molecular weight is 446 g/mol. The highest BCUT2D eigenvalue weighted by atomic mass is 19.3. The Hall–Kier alpha value is -3.13. The number of fused-ring (bicyclic) bond motifs is 3. The average Bonchev–Trinajstić information content (AvgIpc) is 3.10. The standard InChI is InChI=1S/C24H22F4N2O2/c1-24(27,28)13-30-10-9-16-15-5-3-4-6-19(15)29-22(16)23(30)21-17(25)11-14(12-18(21)26)7-8-20(31)32-2/h3-8,11-12,23,29H,9-10,13H2,1-2H3/b8-7+. The molecule has 0 amide bonds. The number of methoxy groups -OCH3 is 1. The Bertz CT molecular complexity index is 1170. The van der Waals surface area contributed by atoms with Crippen LogP contribution in [-0.2, 0) is 16.0 Å². The van der Waals surface area contributed by atoms with Crippen LogP contribution in [0.2, 0.25) is 0 Å². The second kappa shape index (κ2) is 8.43. The third kappa shape index (κ3) is 4.27. The molecule has 168 valence electrons. The number of nitrogens with zero attached hydrogens (tertiary/aromatic N) is 1. The molecule has 32 heavy (non-hydrogen) atoms. The van der Waals surface area contributed by atoms with E-state index in [0.717, 1.165) is 41.6 Å². The summed E-state index contributed by atoms with van der Waals surface area (Å²) in [6.45, 7) is 0.374. The molecule has 1 N–H and O–H groups in total. The minimum atomic E-state index is -3.04. The van der Waals surface area contributed by atoms with E-state index in [1.807, 2.05) is 24.3 Å². The molecule has 0 saturated heterocycles. The summed E-state index contributed by atoms with van der Waals surface area (Å²) in [5, 5.41) is 0.911. The number of alkyl halides is 2. The van der Waals surface area contributed by atoms with Crippen LogP contribution < -0.4 is 0 Å². The first kappa shape index (κ1) is 22.1. The summed E-state index contributed by atoms with van der Waals surface area (Å²) >= 11 is 0. The molecule has 0 saturated carbocycles. The molecular formula is C24H22F4N2O2. The molecule has 3 aromatic rings. The third-order valence-corrected chi connectivity index (χ3v) is 5.60. The van der Waals surface area contributed by atoms with Crippen LogP contribution >= 0.6 is 0 Å². The van der Waals surface area contributed by atoms with Crippen molar-refractivity contribution >= 4 is 22.9 Å². The lowest BCUT2D eigenvalue weighted by atomic mass is 9.90. The van der Waals surface area contributed by atoms with Crippen LogP contribution in [0.3, 0.4) is 0 Å². The van der Waals surface area contributed by atoms with Gasteiger partial charge in [0.1, 0.15) is 11.6 Å². The van der Waals surface area contributed by atoms with Crippen molar-refractivity contribution in [1.29, 1.82) is 0 Å². The Morgan fingerprint density at radius 2 is 1.94 bits per heavy atom. The van der Waals surface area contributed by atoms with E-state index in [1.165, 1.54) is 18.1 Å². The van der Waals surface area contributed by atoms with Gasteiger partial charge in [-0.3, -0.25) is 4.90 Å². The number of carbonyl (C=O) groups is 1. The topological polar surface area (TPSA) is 45.3 Å². The summed E-state index contributed by atoms with van der Waals surface area (Å²) < 4.78 is 62.9. The predicted octanol–water partition coefficient (Wildman–Crippen LogP) is 5.24. The number of para-hydroxylation sites is 1. The van der Waals surface area contributed by atoms with Gasteiger partial charge >= 0.3 is 5.97 Å². The molecule has 1 aliphatic heterocycles. The Balaban J connectivity index is 1.85. The molecule has 0 spiro atoms. The zero-order chi connectivity index (χ0) is 23.0. The van der Waals surface area contributed by atoms with Crippen molar-refractivity contribution < 1.29 is 27.1 Å². The molecule has 4 rings (SSSR count). The number of hydrogen-bond donors (Lipinski definition) is 1. The maximum atomic E-state index is 15.2. The van der Waals surface area contributed by atoms with Gasteiger partial charge in [-0.25, -0.2) is 22.4 Å². The lowest BCUT2D eigenvalue weighted by Crippen LogP contribution is -2.43. The highest BCUT2D eigenvalue weighted by Gasteiger charge is 2.39. The fourth-order valence-electron chi connectivity index (χ4n) is 4.34. The number of aromatic amines is 1. The maximum absolute atomic E-state index is 15.2. The van der Waals surface area contributed by atoms with Crippen LogP contribution in [0.15, 0.2) is 42.5 Å². The van der Waals surface area contributed by atoms with Crippen molar-refractivity contribution in [2.75, 3.05) is 20.2 Å². The monoisotopic (exact) mass is 446 g/mol. The van der Waals surface area contributed by atoms with Gasteiger partial charge in [0.2, 0.25) is 0 Å². The highest BCUT2D eigenvalue weighted by molar-refractivity contribution is 5.87. The molecule has 0 bridgehead atoms. The Morgan fingerprint density at radius 3 is 2.59 bits per heavy atom. The van der Waals surface area contributed by atoms with Crippen LogP contribution in [0.25, 0.3) is 17.0 Å². The molecule has 1 atom stereocenters. The molecule has 2 aromatic carbocycles. The minimum absolute atomic E-state index is 0.120. The highest BCUT2D eigenvalue weighted by Crippen LogP contribution is 2.41. The van der Waals surface area contributed by atoms with Gasteiger partial charge in [-0.05, 0) is 41.8 Å². The number of nitrogens with one attached hydrogen (secondary N) is 1. The van der Waals surface area contributed by atoms with E-state index in [-0.39, 0.29) is 17.7 Å². The van der Waals surface area contributed by atoms with Crippen molar-refractivity contribution in [3.63, 3.8) is 0 Å². The summed E-state index contributed by atoms with van der Waals surface area (Å²) in [4.78, 5) is 15.9. The zero-order valence-electron chi connectivity index (χ0n) is 17.6. The van der Waals surface area contributed by atoms with Crippen molar-refractivity contribution in [1.82, 2.24) is 9.88 Å². The molecule has 8 heteroatoms. The predicted molar refractivity (Wildman–Crippen MR) is 113 cm³/mol.